The van der Waals surface area contributed by atoms with Gasteiger partial charge in [-0.05, 0) is 43.0 Å². The van der Waals surface area contributed by atoms with Gasteiger partial charge in [0.1, 0.15) is 17.2 Å². The van der Waals surface area contributed by atoms with E-state index in [1.165, 1.54) is 4.90 Å². The van der Waals surface area contributed by atoms with E-state index in [0.29, 0.717) is 35.5 Å². The molecule has 30 heavy (non-hydrogen) atoms. The van der Waals surface area contributed by atoms with Crippen molar-refractivity contribution in [3.05, 3.63) is 65.4 Å². The van der Waals surface area contributed by atoms with Crippen LogP contribution < -0.4 is 9.47 Å². The highest BCUT2D eigenvalue weighted by Gasteiger charge is 2.42. The Kier molecular flexibility index (Phi) is 5.74. The fraction of sp³-hybridized carbons (Fsp3) is 0.333. The van der Waals surface area contributed by atoms with Crippen molar-refractivity contribution in [2.24, 2.45) is 0 Å². The summed E-state index contributed by atoms with van der Waals surface area (Å²) in [5.74, 6) is 0.919. The maximum Gasteiger partial charge on any atom is 0.277 e. The molecule has 2 heterocycles. The van der Waals surface area contributed by atoms with Gasteiger partial charge in [0.05, 0.1) is 19.8 Å². The molecule has 156 valence electrons. The van der Waals surface area contributed by atoms with Gasteiger partial charge in [0.25, 0.3) is 11.8 Å². The summed E-state index contributed by atoms with van der Waals surface area (Å²) in [5, 5.41) is 0. The largest absolute Gasteiger partial charge is 0.497 e. The number of methoxy groups -OCH3 is 2. The number of hydrogen-bond acceptors (Lipinski definition) is 5. The molecule has 0 aliphatic carbocycles. The lowest BCUT2D eigenvalue weighted by Gasteiger charge is -2.20. The topological polar surface area (TPSA) is 59.1 Å². The van der Waals surface area contributed by atoms with Crippen LogP contribution in [0.1, 0.15) is 24.0 Å². The van der Waals surface area contributed by atoms with E-state index in [1.807, 2.05) is 48.5 Å². The van der Waals surface area contributed by atoms with Crippen molar-refractivity contribution in [1.29, 1.82) is 0 Å². The molecule has 1 fully saturated rings. The van der Waals surface area contributed by atoms with E-state index in [-0.39, 0.29) is 11.8 Å². The third-order valence-corrected chi connectivity index (χ3v) is 5.73. The zero-order valence-corrected chi connectivity index (χ0v) is 17.4. The van der Waals surface area contributed by atoms with Gasteiger partial charge in [-0.3, -0.25) is 14.5 Å². The van der Waals surface area contributed by atoms with E-state index in [9.17, 15) is 9.59 Å². The molecule has 0 saturated carbocycles. The van der Waals surface area contributed by atoms with Crippen molar-refractivity contribution < 1.29 is 19.1 Å². The number of hydrogen-bond donors (Lipinski definition) is 0. The van der Waals surface area contributed by atoms with Crippen LogP contribution in [-0.4, -0.2) is 55.5 Å². The third-order valence-electron chi connectivity index (χ3n) is 5.73. The van der Waals surface area contributed by atoms with Crippen LogP contribution in [0.2, 0.25) is 0 Å². The zero-order valence-electron chi connectivity index (χ0n) is 17.4. The molecule has 2 amide bonds. The molecule has 0 unspecified atom stereocenters. The Bertz CT molecular complexity index is 975. The molecule has 2 aliphatic rings. The van der Waals surface area contributed by atoms with Crippen LogP contribution in [0, 0.1) is 0 Å². The van der Waals surface area contributed by atoms with Crippen LogP contribution in [0.5, 0.6) is 11.5 Å². The summed E-state index contributed by atoms with van der Waals surface area (Å²) in [7, 11) is 3.21. The van der Waals surface area contributed by atoms with Crippen molar-refractivity contribution >= 4 is 17.4 Å². The Morgan fingerprint density at radius 3 is 2.23 bits per heavy atom. The van der Waals surface area contributed by atoms with E-state index in [1.54, 1.807) is 14.2 Å². The number of nitrogens with zero attached hydrogens (tertiary/aromatic N) is 2. The molecule has 4 rings (SSSR count). The summed E-state index contributed by atoms with van der Waals surface area (Å²) in [5.41, 5.74) is 2.68. The van der Waals surface area contributed by atoms with Gasteiger partial charge in [-0.2, -0.15) is 0 Å². The van der Waals surface area contributed by atoms with E-state index in [2.05, 4.69) is 4.90 Å². The molecular formula is C24H26N2O4. The molecule has 0 aromatic heterocycles. The van der Waals surface area contributed by atoms with Crippen LogP contribution in [0.3, 0.4) is 0 Å². The fourth-order valence-corrected chi connectivity index (χ4v) is 4.13. The van der Waals surface area contributed by atoms with Crippen LogP contribution in [0.4, 0.5) is 0 Å². The average Bonchev–Trinajstić information content (AvgIpc) is 3.39. The normalized spacial score (nSPS) is 16.6. The summed E-state index contributed by atoms with van der Waals surface area (Å²) in [6, 6.07) is 15.1. The van der Waals surface area contributed by atoms with Gasteiger partial charge in [0.2, 0.25) is 0 Å². The van der Waals surface area contributed by atoms with Gasteiger partial charge in [-0.15, -0.1) is 0 Å². The number of benzene rings is 2. The van der Waals surface area contributed by atoms with E-state index in [4.69, 9.17) is 9.47 Å². The second kappa shape index (κ2) is 8.61. The maximum atomic E-state index is 13.4. The smallest absolute Gasteiger partial charge is 0.277 e. The second-order valence-electron chi connectivity index (χ2n) is 7.48. The van der Waals surface area contributed by atoms with Gasteiger partial charge in [0.15, 0.2) is 0 Å². The number of ether oxygens (including phenoxy) is 2. The molecular weight excluding hydrogens is 380 g/mol. The van der Waals surface area contributed by atoms with Crippen LogP contribution in [0.25, 0.3) is 5.57 Å². The first-order valence-electron chi connectivity index (χ1n) is 10.3. The lowest BCUT2D eigenvalue weighted by molar-refractivity contribution is -0.137. The summed E-state index contributed by atoms with van der Waals surface area (Å²) in [6.45, 7) is 1.92. The predicted octanol–water partition coefficient (Wildman–Crippen LogP) is 3.12. The van der Waals surface area contributed by atoms with Crippen molar-refractivity contribution in [3.8, 4) is 11.5 Å². The van der Waals surface area contributed by atoms with Crippen LogP contribution in [-0.2, 0) is 16.0 Å². The summed E-state index contributed by atoms with van der Waals surface area (Å²) < 4.78 is 10.7. The maximum absolute atomic E-state index is 13.4. The lowest BCUT2D eigenvalue weighted by atomic mass is 10.0. The molecule has 6 heteroatoms. The highest BCUT2D eigenvalue weighted by molar-refractivity contribution is 6.36. The van der Waals surface area contributed by atoms with Crippen molar-refractivity contribution in [2.45, 2.75) is 19.3 Å². The van der Waals surface area contributed by atoms with E-state index >= 15 is 0 Å². The highest BCUT2D eigenvalue weighted by atomic mass is 16.5. The number of rotatable bonds is 7. The zero-order chi connectivity index (χ0) is 21.1. The van der Waals surface area contributed by atoms with Crippen molar-refractivity contribution in [2.75, 3.05) is 33.9 Å². The summed E-state index contributed by atoms with van der Waals surface area (Å²) in [4.78, 5) is 30.2. The Morgan fingerprint density at radius 1 is 0.867 bits per heavy atom. The number of likely N-dealkylation sites (tertiary alicyclic amines) is 1. The molecule has 1 saturated heterocycles. The Hall–Kier alpha value is -3.28. The van der Waals surface area contributed by atoms with Gasteiger partial charge in [0, 0.05) is 25.2 Å². The summed E-state index contributed by atoms with van der Waals surface area (Å²) in [6.07, 6.45) is 2.64. The SMILES string of the molecule is COc1ccc(CCN2C(=O)C(c3ccccc3OC)=C(N3CCCC3)C2=O)cc1. The van der Waals surface area contributed by atoms with Gasteiger partial charge >= 0.3 is 0 Å². The Labute approximate surface area is 176 Å². The molecule has 0 radical (unpaired) electrons. The molecule has 0 spiro atoms. The molecule has 6 nitrogen and oxygen atoms in total. The second-order valence-corrected chi connectivity index (χ2v) is 7.48. The average molecular weight is 406 g/mol. The lowest BCUT2D eigenvalue weighted by Crippen LogP contribution is -2.36. The fourth-order valence-electron chi connectivity index (χ4n) is 4.13. The van der Waals surface area contributed by atoms with Crippen LogP contribution in [0.15, 0.2) is 54.2 Å². The van der Waals surface area contributed by atoms with Crippen LogP contribution >= 0.6 is 0 Å². The Morgan fingerprint density at radius 2 is 1.57 bits per heavy atom. The number of carbonyl (C=O) groups excluding carboxylic acids is 2. The molecule has 0 atom stereocenters. The predicted molar refractivity (Wildman–Crippen MR) is 114 cm³/mol. The molecule has 2 aliphatic heterocycles. The number of carbonyl (C=O) groups is 2. The minimum absolute atomic E-state index is 0.212. The highest BCUT2D eigenvalue weighted by Crippen LogP contribution is 2.37. The number of amides is 2. The van der Waals surface area contributed by atoms with Gasteiger partial charge in [-0.1, -0.05) is 30.3 Å². The first kappa shape index (κ1) is 20.0. The van der Waals surface area contributed by atoms with Gasteiger partial charge in [-0.25, -0.2) is 0 Å². The molecule has 2 aromatic rings. The third kappa shape index (κ3) is 3.65. The Balaban J connectivity index is 1.64. The van der Waals surface area contributed by atoms with Crippen molar-refractivity contribution in [1.82, 2.24) is 9.80 Å². The summed E-state index contributed by atoms with van der Waals surface area (Å²) >= 11 is 0. The first-order valence-corrected chi connectivity index (χ1v) is 10.3. The first-order chi connectivity index (χ1) is 14.6. The van der Waals surface area contributed by atoms with Crippen molar-refractivity contribution in [3.63, 3.8) is 0 Å². The quantitative estimate of drug-likeness (QED) is 0.662. The molecule has 0 N–H and O–H groups in total. The van der Waals surface area contributed by atoms with E-state index < -0.39 is 0 Å². The monoisotopic (exact) mass is 406 g/mol. The van der Waals surface area contributed by atoms with Gasteiger partial charge < -0.3 is 14.4 Å². The number of para-hydroxylation sites is 1. The molecule has 2 aromatic carbocycles. The standard InChI is InChI=1S/C24H26N2O4/c1-29-18-11-9-17(10-12-18)13-16-26-23(27)21(19-7-3-4-8-20(19)30-2)22(24(26)28)25-14-5-6-15-25/h3-4,7-12H,5-6,13-16H2,1-2H3. The number of imide groups is 1. The molecule has 0 bridgehead atoms. The van der Waals surface area contributed by atoms with E-state index in [0.717, 1.165) is 37.2 Å². The minimum atomic E-state index is -0.250. The minimum Gasteiger partial charge on any atom is -0.497 e.